The molecule has 0 spiro atoms. The molecule has 0 saturated carbocycles. The van der Waals surface area contributed by atoms with Gasteiger partial charge < -0.3 is 9.15 Å². The number of thiazole rings is 1. The number of esters is 1. The Labute approximate surface area is 107 Å². The van der Waals surface area contributed by atoms with Crippen molar-refractivity contribution in [3.63, 3.8) is 0 Å². The zero-order chi connectivity index (χ0) is 13.0. The quantitative estimate of drug-likeness (QED) is 0.677. The van der Waals surface area contributed by atoms with Crippen LogP contribution in [0, 0.1) is 0 Å². The van der Waals surface area contributed by atoms with Crippen LogP contribution in [-0.4, -0.2) is 23.5 Å². The predicted octanol–water partition coefficient (Wildman–Crippen LogP) is 1.90. The van der Waals surface area contributed by atoms with Crippen molar-refractivity contribution in [3.05, 3.63) is 23.8 Å². The maximum absolute atomic E-state index is 11.4. The minimum Gasteiger partial charge on any atom is -0.463 e. The summed E-state index contributed by atoms with van der Waals surface area (Å²) in [5.41, 5.74) is 0.601. The van der Waals surface area contributed by atoms with Gasteiger partial charge in [0.25, 0.3) is 0 Å². The number of carbonyl (C=O) groups excluding carboxylic acids is 2. The summed E-state index contributed by atoms with van der Waals surface area (Å²) in [5, 5.41) is 4.40. The SMILES string of the molecule is CCOC(=O)C(=O)Nc1nc(-c2ccco2)cs1. The summed E-state index contributed by atoms with van der Waals surface area (Å²) in [6, 6.07) is 3.50. The molecule has 0 bridgehead atoms. The van der Waals surface area contributed by atoms with Gasteiger partial charge in [-0.2, -0.15) is 0 Å². The molecule has 1 amide bonds. The fourth-order valence-electron chi connectivity index (χ4n) is 1.21. The van der Waals surface area contributed by atoms with Gasteiger partial charge in [0.05, 0.1) is 12.9 Å². The van der Waals surface area contributed by atoms with Gasteiger partial charge in [-0.3, -0.25) is 10.1 Å². The maximum Gasteiger partial charge on any atom is 0.397 e. The van der Waals surface area contributed by atoms with Gasteiger partial charge in [-0.25, -0.2) is 9.78 Å². The van der Waals surface area contributed by atoms with Crippen molar-refractivity contribution in [2.45, 2.75) is 6.92 Å². The summed E-state index contributed by atoms with van der Waals surface area (Å²) in [6.07, 6.45) is 1.53. The van der Waals surface area contributed by atoms with Crippen molar-refractivity contribution in [2.24, 2.45) is 0 Å². The van der Waals surface area contributed by atoms with Crippen LogP contribution in [0.15, 0.2) is 28.2 Å². The molecule has 0 aromatic carbocycles. The van der Waals surface area contributed by atoms with Crippen LogP contribution in [0.25, 0.3) is 11.5 Å². The summed E-state index contributed by atoms with van der Waals surface area (Å²) in [5.74, 6) is -1.16. The van der Waals surface area contributed by atoms with Crippen molar-refractivity contribution in [3.8, 4) is 11.5 Å². The number of furan rings is 1. The summed E-state index contributed by atoms with van der Waals surface area (Å²) in [6.45, 7) is 1.78. The second-order valence-corrected chi connectivity index (χ2v) is 4.05. The molecule has 0 aliphatic rings. The van der Waals surface area contributed by atoms with Gasteiger partial charge in [-0.1, -0.05) is 0 Å². The number of amides is 1. The van der Waals surface area contributed by atoms with Crippen molar-refractivity contribution in [1.82, 2.24) is 4.98 Å². The van der Waals surface area contributed by atoms with Gasteiger partial charge >= 0.3 is 11.9 Å². The summed E-state index contributed by atoms with van der Waals surface area (Å²) in [4.78, 5) is 26.6. The zero-order valence-corrected chi connectivity index (χ0v) is 10.3. The van der Waals surface area contributed by atoms with E-state index in [0.29, 0.717) is 16.6 Å². The Kier molecular flexibility index (Phi) is 3.73. The Bertz CT molecular complexity index is 547. The molecule has 0 aliphatic heterocycles. The second kappa shape index (κ2) is 5.46. The standard InChI is InChI=1S/C11H10N2O4S/c1-2-16-10(15)9(14)13-11-12-7(6-18-11)8-4-3-5-17-8/h3-6H,2H2,1H3,(H,12,13,14). The van der Waals surface area contributed by atoms with Crippen LogP contribution in [-0.2, 0) is 14.3 Å². The lowest BCUT2D eigenvalue weighted by Crippen LogP contribution is -2.24. The number of nitrogens with zero attached hydrogens (tertiary/aromatic N) is 1. The summed E-state index contributed by atoms with van der Waals surface area (Å²) >= 11 is 1.20. The number of anilines is 1. The molecule has 0 unspecified atom stereocenters. The highest BCUT2D eigenvalue weighted by Gasteiger charge is 2.17. The first-order valence-electron chi connectivity index (χ1n) is 5.18. The highest BCUT2D eigenvalue weighted by molar-refractivity contribution is 7.14. The van der Waals surface area contributed by atoms with Gasteiger partial charge in [0.2, 0.25) is 0 Å². The van der Waals surface area contributed by atoms with Gasteiger partial charge in [-0.15, -0.1) is 11.3 Å². The molecule has 2 rings (SSSR count). The third-order valence-corrected chi connectivity index (χ3v) is 2.72. The van der Waals surface area contributed by atoms with Crippen LogP contribution in [0.4, 0.5) is 5.13 Å². The normalized spacial score (nSPS) is 10.1. The first-order valence-corrected chi connectivity index (χ1v) is 6.06. The van der Waals surface area contributed by atoms with Crippen LogP contribution in [0.3, 0.4) is 0 Å². The van der Waals surface area contributed by atoms with Gasteiger partial charge in [0.15, 0.2) is 10.9 Å². The minimum absolute atomic E-state index is 0.155. The second-order valence-electron chi connectivity index (χ2n) is 3.19. The number of rotatable bonds is 3. The van der Waals surface area contributed by atoms with E-state index in [-0.39, 0.29) is 6.61 Å². The molecule has 0 saturated heterocycles. The van der Waals surface area contributed by atoms with Crippen molar-refractivity contribution in [2.75, 3.05) is 11.9 Å². The molecule has 2 heterocycles. The molecule has 0 atom stereocenters. The number of aromatic nitrogens is 1. The fourth-order valence-corrected chi connectivity index (χ4v) is 1.91. The topological polar surface area (TPSA) is 81.4 Å². The number of hydrogen-bond acceptors (Lipinski definition) is 6. The number of hydrogen-bond donors (Lipinski definition) is 1. The highest BCUT2D eigenvalue weighted by Crippen LogP contribution is 2.24. The van der Waals surface area contributed by atoms with Crippen molar-refractivity contribution < 1.29 is 18.7 Å². The maximum atomic E-state index is 11.4. The first-order chi connectivity index (χ1) is 8.70. The molecule has 7 heteroatoms. The minimum atomic E-state index is -0.924. The van der Waals surface area contributed by atoms with E-state index in [1.165, 1.54) is 17.6 Å². The van der Waals surface area contributed by atoms with Crippen molar-refractivity contribution in [1.29, 1.82) is 0 Å². The Morgan fingerprint density at radius 2 is 2.39 bits per heavy atom. The number of nitrogens with one attached hydrogen (secondary N) is 1. The van der Waals surface area contributed by atoms with Crippen LogP contribution in [0.5, 0.6) is 0 Å². The van der Waals surface area contributed by atoms with E-state index in [1.807, 2.05) is 0 Å². The summed E-state index contributed by atoms with van der Waals surface area (Å²) < 4.78 is 9.73. The van der Waals surface area contributed by atoms with Gasteiger partial charge in [0.1, 0.15) is 5.69 Å². The van der Waals surface area contributed by atoms with Crippen molar-refractivity contribution >= 4 is 28.3 Å². The molecular weight excluding hydrogens is 256 g/mol. The van der Waals surface area contributed by atoms with E-state index in [9.17, 15) is 9.59 Å². The Morgan fingerprint density at radius 1 is 1.56 bits per heavy atom. The highest BCUT2D eigenvalue weighted by atomic mass is 32.1. The van der Waals surface area contributed by atoms with Crippen LogP contribution < -0.4 is 5.32 Å². The molecule has 0 aliphatic carbocycles. The van der Waals surface area contributed by atoms with E-state index >= 15 is 0 Å². The molecule has 2 aromatic rings. The Hall–Kier alpha value is -2.15. The fraction of sp³-hybridized carbons (Fsp3) is 0.182. The van der Waals surface area contributed by atoms with Gasteiger partial charge in [0, 0.05) is 5.38 Å². The number of ether oxygens (including phenoxy) is 1. The monoisotopic (exact) mass is 266 g/mol. The lowest BCUT2D eigenvalue weighted by Gasteiger charge is -2.00. The largest absolute Gasteiger partial charge is 0.463 e. The molecular formula is C11H10N2O4S. The predicted molar refractivity (Wildman–Crippen MR) is 65.1 cm³/mol. The van der Waals surface area contributed by atoms with E-state index in [0.717, 1.165) is 0 Å². The lowest BCUT2D eigenvalue weighted by atomic mass is 10.4. The van der Waals surface area contributed by atoms with Crippen LogP contribution >= 0.6 is 11.3 Å². The average molecular weight is 266 g/mol. The van der Waals surface area contributed by atoms with Gasteiger partial charge in [-0.05, 0) is 19.1 Å². The Balaban J connectivity index is 2.03. The first kappa shape index (κ1) is 12.3. The van der Waals surface area contributed by atoms with E-state index < -0.39 is 11.9 Å². The Morgan fingerprint density at radius 3 is 3.06 bits per heavy atom. The third kappa shape index (κ3) is 2.75. The molecule has 2 aromatic heterocycles. The molecule has 0 fully saturated rings. The third-order valence-electron chi connectivity index (χ3n) is 1.96. The number of carbonyl (C=O) groups is 2. The molecule has 1 N–H and O–H groups in total. The van der Waals surface area contributed by atoms with E-state index in [2.05, 4.69) is 15.0 Å². The average Bonchev–Trinajstić information content (AvgIpc) is 2.98. The molecule has 18 heavy (non-hydrogen) atoms. The smallest absolute Gasteiger partial charge is 0.397 e. The van der Waals surface area contributed by atoms with E-state index in [1.54, 1.807) is 24.4 Å². The van der Waals surface area contributed by atoms with Crippen LogP contribution in [0.1, 0.15) is 6.92 Å². The molecule has 0 radical (unpaired) electrons. The lowest BCUT2D eigenvalue weighted by molar-refractivity contribution is -0.152. The summed E-state index contributed by atoms with van der Waals surface area (Å²) in [7, 11) is 0. The molecule has 6 nitrogen and oxygen atoms in total. The molecule has 94 valence electrons. The van der Waals surface area contributed by atoms with Crippen LogP contribution in [0.2, 0.25) is 0 Å². The van der Waals surface area contributed by atoms with E-state index in [4.69, 9.17) is 4.42 Å². The zero-order valence-electron chi connectivity index (χ0n) is 9.50.